The van der Waals surface area contributed by atoms with E-state index >= 15 is 0 Å². The Kier molecular flexibility index (Phi) is 3.51. The van der Waals surface area contributed by atoms with Gasteiger partial charge in [-0.25, -0.2) is 4.79 Å². The van der Waals surface area contributed by atoms with Crippen LogP contribution < -0.4 is 5.32 Å². The van der Waals surface area contributed by atoms with Gasteiger partial charge < -0.3 is 10.4 Å². The minimum atomic E-state index is -0.958. The molecule has 1 aromatic carbocycles. The Morgan fingerprint density at radius 1 is 1.24 bits per heavy atom. The Bertz CT molecular complexity index is 712. The number of aryl methyl sites for hydroxylation is 3. The molecule has 0 saturated heterocycles. The van der Waals surface area contributed by atoms with Crippen molar-refractivity contribution < 1.29 is 14.7 Å². The Morgan fingerprint density at radius 3 is 2.71 bits per heavy atom. The molecule has 1 aliphatic carbocycles. The van der Waals surface area contributed by atoms with Gasteiger partial charge in [-0.1, -0.05) is 0 Å². The molecule has 0 fully saturated rings. The van der Waals surface area contributed by atoms with E-state index in [0.717, 1.165) is 17.7 Å². The highest BCUT2D eigenvalue weighted by atomic mass is 32.1. The van der Waals surface area contributed by atoms with Crippen molar-refractivity contribution in [2.75, 3.05) is 5.32 Å². The molecule has 0 bridgehead atoms. The molecule has 5 heteroatoms. The first-order valence-corrected chi connectivity index (χ1v) is 7.63. The van der Waals surface area contributed by atoms with E-state index in [0.29, 0.717) is 11.3 Å². The van der Waals surface area contributed by atoms with Crippen molar-refractivity contribution in [3.63, 3.8) is 0 Å². The number of hydrogen-bond donors (Lipinski definition) is 2. The third-order valence-corrected chi connectivity index (χ3v) is 4.92. The maximum Gasteiger partial charge on any atom is 0.335 e. The van der Waals surface area contributed by atoms with Crippen molar-refractivity contribution >= 4 is 28.9 Å². The van der Waals surface area contributed by atoms with Crippen LogP contribution in [0.4, 0.5) is 5.69 Å². The summed E-state index contributed by atoms with van der Waals surface area (Å²) in [6.07, 6.45) is 3.31. The van der Waals surface area contributed by atoms with Crippen LogP contribution in [0, 0.1) is 6.92 Å². The van der Waals surface area contributed by atoms with Gasteiger partial charge >= 0.3 is 5.97 Å². The van der Waals surface area contributed by atoms with Crippen LogP contribution in [0.3, 0.4) is 0 Å². The molecule has 0 atom stereocenters. The number of nitrogens with one attached hydrogen (secondary N) is 1. The Hall–Kier alpha value is -2.14. The third-order valence-electron chi connectivity index (χ3n) is 3.69. The van der Waals surface area contributed by atoms with Crippen molar-refractivity contribution in [2.45, 2.75) is 26.2 Å². The molecule has 1 heterocycles. The topological polar surface area (TPSA) is 66.4 Å². The summed E-state index contributed by atoms with van der Waals surface area (Å²) in [6.45, 7) is 1.72. The van der Waals surface area contributed by atoms with Crippen LogP contribution in [0.25, 0.3) is 0 Å². The lowest BCUT2D eigenvalue weighted by Crippen LogP contribution is -2.11. The number of hydrogen-bond acceptors (Lipinski definition) is 3. The molecule has 21 heavy (non-hydrogen) atoms. The van der Waals surface area contributed by atoms with Gasteiger partial charge in [0.05, 0.1) is 10.4 Å². The fourth-order valence-electron chi connectivity index (χ4n) is 2.62. The third kappa shape index (κ3) is 2.69. The second-order valence-corrected chi connectivity index (χ2v) is 6.34. The average Bonchev–Trinajstić information content (AvgIpc) is 2.98. The molecular weight excluding hydrogens is 286 g/mol. The van der Waals surface area contributed by atoms with Gasteiger partial charge in [-0.3, -0.25) is 4.79 Å². The van der Waals surface area contributed by atoms with Gasteiger partial charge in [0.15, 0.2) is 0 Å². The molecule has 2 aromatic rings. The van der Waals surface area contributed by atoms with Crippen LogP contribution in [0.1, 0.15) is 42.5 Å². The molecule has 4 nitrogen and oxygen atoms in total. The lowest BCUT2D eigenvalue weighted by molar-refractivity contribution is 0.0696. The molecule has 1 amide bonds. The molecule has 0 saturated carbocycles. The summed E-state index contributed by atoms with van der Waals surface area (Å²) < 4.78 is 0. The average molecular weight is 301 g/mol. The van der Waals surface area contributed by atoms with Gasteiger partial charge in [-0.05, 0) is 61.6 Å². The number of benzene rings is 1. The number of carbonyl (C=O) groups excluding carboxylic acids is 1. The molecule has 0 aliphatic heterocycles. The van der Waals surface area contributed by atoms with E-state index in [1.54, 1.807) is 30.4 Å². The molecular formula is C16H15NO3S. The Labute approximate surface area is 126 Å². The van der Waals surface area contributed by atoms with Crippen molar-refractivity contribution in [1.82, 2.24) is 0 Å². The number of amides is 1. The van der Waals surface area contributed by atoms with E-state index in [1.807, 2.05) is 6.07 Å². The van der Waals surface area contributed by atoms with Crippen LogP contribution in [0.15, 0.2) is 24.3 Å². The van der Waals surface area contributed by atoms with E-state index in [2.05, 4.69) is 5.32 Å². The zero-order valence-corrected chi connectivity index (χ0v) is 12.4. The summed E-state index contributed by atoms with van der Waals surface area (Å²) in [5, 5.41) is 11.8. The highest BCUT2D eigenvalue weighted by Crippen LogP contribution is 2.31. The molecule has 108 valence electrons. The van der Waals surface area contributed by atoms with E-state index in [1.165, 1.54) is 22.9 Å². The predicted molar refractivity (Wildman–Crippen MR) is 82.4 cm³/mol. The minimum Gasteiger partial charge on any atom is -0.478 e. The van der Waals surface area contributed by atoms with Gasteiger partial charge in [-0.15, -0.1) is 11.3 Å². The van der Waals surface area contributed by atoms with Crippen molar-refractivity contribution in [1.29, 1.82) is 0 Å². The zero-order chi connectivity index (χ0) is 15.0. The molecule has 1 aromatic heterocycles. The summed E-state index contributed by atoms with van der Waals surface area (Å²) in [7, 11) is 0. The Morgan fingerprint density at radius 2 is 2.05 bits per heavy atom. The summed E-state index contributed by atoms with van der Waals surface area (Å²) >= 11 is 1.56. The van der Waals surface area contributed by atoms with Gasteiger partial charge in [-0.2, -0.15) is 0 Å². The smallest absolute Gasteiger partial charge is 0.335 e. The minimum absolute atomic E-state index is 0.128. The van der Waals surface area contributed by atoms with E-state index in [9.17, 15) is 9.59 Å². The summed E-state index contributed by atoms with van der Waals surface area (Å²) in [4.78, 5) is 25.2. The largest absolute Gasteiger partial charge is 0.478 e. The SMILES string of the molecule is Cc1cc(NC(=O)c2cc3c(s2)CCC3)ccc1C(=O)O. The van der Waals surface area contributed by atoms with Crippen molar-refractivity contribution in [2.24, 2.45) is 0 Å². The quantitative estimate of drug-likeness (QED) is 0.912. The highest BCUT2D eigenvalue weighted by Gasteiger charge is 2.18. The molecule has 2 N–H and O–H groups in total. The summed E-state index contributed by atoms with van der Waals surface area (Å²) in [5.74, 6) is -1.09. The normalized spacial score (nSPS) is 13.0. The van der Waals surface area contributed by atoms with E-state index in [-0.39, 0.29) is 11.5 Å². The van der Waals surface area contributed by atoms with Gasteiger partial charge in [0, 0.05) is 10.6 Å². The van der Waals surface area contributed by atoms with Gasteiger partial charge in [0.2, 0.25) is 0 Å². The van der Waals surface area contributed by atoms with E-state index in [4.69, 9.17) is 5.11 Å². The number of aromatic carboxylic acids is 1. The van der Waals surface area contributed by atoms with Crippen LogP contribution in [-0.2, 0) is 12.8 Å². The number of fused-ring (bicyclic) bond motifs is 1. The number of rotatable bonds is 3. The molecule has 0 spiro atoms. The monoisotopic (exact) mass is 301 g/mol. The second kappa shape index (κ2) is 5.33. The lowest BCUT2D eigenvalue weighted by Gasteiger charge is -2.07. The standard InChI is InChI=1S/C16H15NO3S/c1-9-7-11(5-6-12(9)16(19)20)17-15(18)14-8-10-3-2-4-13(10)21-14/h5-8H,2-4H2,1H3,(H,17,18)(H,19,20). The molecule has 1 aliphatic rings. The number of thiophene rings is 1. The Balaban J connectivity index is 1.78. The van der Waals surface area contributed by atoms with Crippen LogP contribution in [-0.4, -0.2) is 17.0 Å². The van der Waals surface area contributed by atoms with Crippen LogP contribution >= 0.6 is 11.3 Å². The van der Waals surface area contributed by atoms with Crippen LogP contribution in [0.2, 0.25) is 0 Å². The lowest BCUT2D eigenvalue weighted by atomic mass is 10.1. The summed E-state index contributed by atoms with van der Waals surface area (Å²) in [6, 6.07) is 6.79. The second-order valence-electron chi connectivity index (χ2n) is 5.20. The highest BCUT2D eigenvalue weighted by molar-refractivity contribution is 7.14. The zero-order valence-electron chi connectivity index (χ0n) is 11.6. The van der Waals surface area contributed by atoms with Crippen molar-refractivity contribution in [3.8, 4) is 0 Å². The maximum absolute atomic E-state index is 12.2. The number of carbonyl (C=O) groups is 2. The predicted octanol–water partition coefficient (Wildman–Crippen LogP) is 3.50. The first kappa shape index (κ1) is 13.8. The number of carboxylic acids is 1. The molecule has 0 radical (unpaired) electrons. The van der Waals surface area contributed by atoms with Gasteiger partial charge in [0.25, 0.3) is 5.91 Å². The van der Waals surface area contributed by atoms with Crippen molar-refractivity contribution in [3.05, 3.63) is 50.7 Å². The number of anilines is 1. The van der Waals surface area contributed by atoms with Crippen LogP contribution in [0.5, 0.6) is 0 Å². The fourth-order valence-corrected chi connectivity index (χ4v) is 3.76. The molecule has 0 unspecified atom stereocenters. The maximum atomic E-state index is 12.2. The molecule has 3 rings (SSSR count). The number of carboxylic acid groups (broad SMARTS) is 1. The van der Waals surface area contributed by atoms with E-state index < -0.39 is 5.97 Å². The first-order chi connectivity index (χ1) is 10.0. The summed E-state index contributed by atoms with van der Waals surface area (Å²) in [5.41, 5.74) is 2.80. The first-order valence-electron chi connectivity index (χ1n) is 6.81. The van der Waals surface area contributed by atoms with Gasteiger partial charge in [0.1, 0.15) is 0 Å². The fraction of sp³-hybridized carbons (Fsp3) is 0.250.